The zero-order valence-corrected chi connectivity index (χ0v) is 14.5. The van der Waals surface area contributed by atoms with E-state index in [0.29, 0.717) is 16.5 Å². The highest BCUT2D eigenvalue weighted by molar-refractivity contribution is 9.10. The molecular weight excluding hydrogens is 382 g/mol. The first-order chi connectivity index (χ1) is 9.51. The molecule has 0 aliphatic rings. The van der Waals surface area contributed by atoms with Gasteiger partial charge in [0, 0.05) is 10.0 Å². The third kappa shape index (κ3) is 3.82. The maximum Gasteiger partial charge on any atom is 0.123 e. The summed E-state index contributed by atoms with van der Waals surface area (Å²) in [6.45, 7) is 0. The first-order valence-corrected chi connectivity index (χ1v) is 7.91. The minimum absolute atomic E-state index is 0.209. The van der Waals surface area contributed by atoms with Gasteiger partial charge in [0.15, 0.2) is 0 Å². The zero-order chi connectivity index (χ0) is 14.7. The Kier molecular flexibility index (Phi) is 5.62. The van der Waals surface area contributed by atoms with Gasteiger partial charge >= 0.3 is 0 Å². The maximum absolute atomic E-state index is 6.51. The highest BCUT2D eigenvalue weighted by Crippen LogP contribution is 2.35. The van der Waals surface area contributed by atoms with Crippen LogP contribution in [0.3, 0.4) is 0 Å². The second-order valence-corrected chi connectivity index (χ2v) is 6.56. The SMILES string of the molecule is COc1ccc(Br)cc1C(Cl)Cc1ccc(Cl)c(Cl)c1. The Labute approximate surface area is 141 Å². The standard InChI is InChI=1S/C15H12BrCl3O/c1-20-15-5-3-10(16)8-11(15)13(18)6-9-2-4-12(17)14(19)7-9/h2-5,7-8,13H,6H2,1H3. The molecule has 0 amide bonds. The smallest absolute Gasteiger partial charge is 0.123 e. The van der Waals surface area contributed by atoms with Crippen LogP contribution in [0.4, 0.5) is 0 Å². The van der Waals surface area contributed by atoms with Crippen molar-refractivity contribution in [1.82, 2.24) is 0 Å². The van der Waals surface area contributed by atoms with Crippen molar-refractivity contribution in [3.63, 3.8) is 0 Å². The highest BCUT2D eigenvalue weighted by Gasteiger charge is 2.15. The van der Waals surface area contributed by atoms with Crippen LogP contribution in [0.1, 0.15) is 16.5 Å². The van der Waals surface area contributed by atoms with Gasteiger partial charge in [0.1, 0.15) is 5.75 Å². The molecule has 0 aromatic heterocycles. The Morgan fingerprint density at radius 2 is 1.85 bits per heavy atom. The molecule has 2 aromatic carbocycles. The molecule has 1 atom stereocenters. The van der Waals surface area contributed by atoms with E-state index < -0.39 is 0 Å². The molecule has 2 aromatic rings. The molecule has 5 heteroatoms. The fourth-order valence-electron chi connectivity index (χ4n) is 1.93. The normalized spacial score (nSPS) is 12.2. The van der Waals surface area contributed by atoms with E-state index in [9.17, 15) is 0 Å². The van der Waals surface area contributed by atoms with Crippen LogP contribution in [-0.2, 0) is 6.42 Å². The summed E-state index contributed by atoms with van der Waals surface area (Å²) < 4.78 is 6.32. The van der Waals surface area contributed by atoms with Crippen molar-refractivity contribution in [2.75, 3.05) is 7.11 Å². The monoisotopic (exact) mass is 392 g/mol. The van der Waals surface area contributed by atoms with Gasteiger partial charge in [-0.25, -0.2) is 0 Å². The van der Waals surface area contributed by atoms with Gasteiger partial charge in [0.25, 0.3) is 0 Å². The number of alkyl halides is 1. The van der Waals surface area contributed by atoms with Crippen LogP contribution >= 0.6 is 50.7 Å². The summed E-state index contributed by atoms with van der Waals surface area (Å²) in [6.07, 6.45) is 0.644. The van der Waals surface area contributed by atoms with Crippen LogP contribution in [0, 0.1) is 0 Å². The largest absolute Gasteiger partial charge is 0.496 e. The van der Waals surface area contributed by atoms with E-state index in [1.54, 1.807) is 13.2 Å². The summed E-state index contributed by atoms with van der Waals surface area (Å²) in [5.41, 5.74) is 1.97. The quantitative estimate of drug-likeness (QED) is 0.554. The summed E-state index contributed by atoms with van der Waals surface area (Å²) >= 11 is 21.9. The predicted molar refractivity (Wildman–Crippen MR) is 89.5 cm³/mol. The molecule has 106 valence electrons. The van der Waals surface area contributed by atoms with Gasteiger partial charge in [0.05, 0.1) is 22.5 Å². The van der Waals surface area contributed by atoms with Gasteiger partial charge in [-0.15, -0.1) is 11.6 Å². The number of ether oxygens (including phenoxy) is 1. The van der Waals surface area contributed by atoms with E-state index >= 15 is 0 Å². The average Bonchev–Trinajstić information content (AvgIpc) is 2.43. The van der Waals surface area contributed by atoms with Crippen molar-refractivity contribution in [3.8, 4) is 5.75 Å². The Hall–Kier alpha value is -0.410. The molecule has 0 radical (unpaired) electrons. The van der Waals surface area contributed by atoms with Crippen LogP contribution in [0.2, 0.25) is 10.0 Å². The zero-order valence-electron chi connectivity index (χ0n) is 10.7. The first-order valence-electron chi connectivity index (χ1n) is 5.92. The van der Waals surface area contributed by atoms with E-state index in [1.165, 1.54) is 0 Å². The first kappa shape index (κ1) is 16.0. The van der Waals surface area contributed by atoms with Gasteiger partial charge in [-0.2, -0.15) is 0 Å². The van der Waals surface area contributed by atoms with Crippen molar-refractivity contribution in [2.45, 2.75) is 11.8 Å². The molecule has 0 aliphatic carbocycles. The molecular formula is C15H12BrCl3O. The fourth-order valence-corrected chi connectivity index (χ4v) is 2.98. The maximum atomic E-state index is 6.51. The lowest BCUT2D eigenvalue weighted by Crippen LogP contribution is -1.99. The van der Waals surface area contributed by atoms with E-state index in [2.05, 4.69) is 15.9 Å². The molecule has 0 bridgehead atoms. The van der Waals surface area contributed by atoms with Gasteiger partial charge in [0.2, 0.25) is 0 Å². The van der Waals surface area contributed by atoms with Gasteiger partial charge in [-0.05, 0) is 42.3 Å². The van der Waals surface area contributed by atoms with Crippen LogP contribution in [-0.4, -0.2) is 7.11 Å². The molecule has 0 fully saturated rings. The number of halogens is 4. The molecule has 1 nitrogen and oxygen atoms in total. The van der Waals surface area contributed by atoms with Crippen LogP contribution < -0.4 is 4.74 Å². The van der Waals surface area contributed by atoms with Crippen molar-refractivity contribution in [1.29, 1.82) is 0 Å². The molecule has 1 unspecified atom stereocenters. The van der Waals surface area contributed by atoms with E-state index in [-0.39, 0.29) is 5.38 Å². The minimum Gasteiger partial charge on any atom is -0.496 e. The summed E-state index contributed by atoms with van der Waals surface area (Å²) in [5.74, 6) is 0.772. The topological polar surface area (TPSA) is 9.23 Å². The molecule has 0 aliphatic heterocycles. The average molecular weight is 395 g/mol. The Morgan fingerprint density at radius 1 is 1.10 bits per heavy atom. The molecule has 0 spiro atoms. The summed E-state index contributed by atoms with van der Waals surface area (Å²) in [4.78, 5) is 0. The van der Waals surface area contributed by atoms with Crippen molar-refractivity contribution < 1.29 is 4.74 Å². The number of hydrogen-bond donors (Lipinski definition) is 0. The Balaban J connectivity index is 2.25. The van der Waals surface area contributed by atoms with Crippen molar-refractivity contribution >= 4 is 50.7 Å². The van der Waals surface area contributed by atoms with E-state index in [0.717, 1.165) is 21.3 Å². The van der Waals surface area contributed by atoms with Crippen molar-refractivity contribution in [2.24, 2.45) is 0 Å². The second kappa shape index (κ2) is 7.04. The molecule has 20 heavy (non-hydrogen) atoms. The van der Waals surface area contributed by atoms with Crippen LogP contribution in [0.25, 0.3) is 0 Å². The second-order valence-electron chi connectivity index (χ2n) is 4.31. The van der Waals surface area contributed by atoms with Gasteiger partial charge < -0.3 is 4.74 Å². The van der Waals surface area contributed by atoms with Crippen LogP contribution in [0.5, 0.6) is 5.75 Å². The Bertz CT molecular complexity index is 616. The van der Waals surface area contributed by atoms with Crippen LogP contribution in [0.15, 0.2) is 40.9 Å². The van der Waals surface area contributed by atoms with Crippen molar-refractivity contribution in [3.05, 3.63) is 62.0 Å². The summed E-state index contributed by atoms with van der Waals surface area (Å²) in [6, 6.07) is 11.3. The molecule has 2 rings (SSSR count). The Morgan fingerprint density at radius 3 is 2.50 bits per heavy atom. The van der Waals surface area contributed by atoms with E-state index in [4.69, 9.17) is 39.5 Å². The minimum atomic E-state index is -0.209. The van der Waals surface area contributed by atoms with Gasteiger partial charge in [-0.1, -0.05) is 45.2 Å². The third-order valence-corrected chi connectivity index (χ3v) is 4.55. The summed E-state index contributed by atoms with van der Waals surface area (Å²) in [7, 11) is 1.63. The number of hydrogen-bond acceptors (Lipinski definition) is 1. The van der Waals surface area contributed by atoms with E-state index in [1.807, 2.05) is 30.3 Å². The lowest BCUT2D eigenvalue weighted by molar-refractivity contribution is 0.409. The molecule has 0 saturated heterocycles. The fraction of sp³-hybridized carbons (Fsp3) is 0.200. The lowest BCUT2D eigenvalue weighted by Gasteiger charge is -2.15. The lowest BCUT2D eigenvalue weighted by atomic mass is 10.0. The molecule has 0 saturated carbocycles. The molecule has 0 heterocycles. The predicted octanol–water partition coefficient (Wildman–Crippen LogP) is 6.29. The number of benzene rings is 2. The summed E-state index contributed by atoms with van der Waals surface area (Å²) in [5, 5.41) is 0.871. The van der Waals surface area contributed by atoms with Gasteiger partial charge in [-0.3, -0.25) is 0 Å². The third-order valence-electron chi connectivity index (χ3n) is 2.93. The highest BCUT2D eigenvalue weighted by atomic mass is 79.9. The molecule has 0 N–H and O–H groups in total. The number of methoxy groups -OCH3 is 1. The number of rotatable bonds is 4.